The van der Waals surface area contributed by atoms with E-state index in [0.717, 1.165) is 0 Å². The molecule has 2 rings (SSSR count). The molecule has 0 unspecified atom stereocenters. The molecule has 0 radical (unpaired) electrons. The van der Waals surface area contributed by atoms with Crippen LogP contribution in [0.1, 0.15) is 0 Å². The Kier molecular flexibility index (Phi) is 6.91. The summed E-state index contributed by atoms with van der Waals surface area (Å²) in [5.74, 6) is 0.960. The molecular weight excluding hydrogens is 366 g/mol. The molecule has 0 atom stereocenters. The first-order chi connectivity index (χ1) is 13.0. The van der Waals surface area contributed by atoms with Gasteiger partial charge in [0.15, 0.2) is 17.2 Å². The molecule has 0 saturated carbocycles. The van der Waals surface area contributed by atoms with Gasteiger partial charge in [-0.05, 0) is 18.3 Å². The Hall–Kier alpha value is -2.91. The van der Waals surface area contributed by atoms with Gasteiger partial charge in [-0.25, -0.2) is 0 Å². The Bertz CT molecular complexity index is 881. The van der Waals surface area contributed by atoms with Gasteiger partial charge in [0.25, 0.3) is 0 Å². The fourth-order valence-corrected chi connectivity index (χ4v) is 2.78. The zero-order valence-corrected chi connectivity index (χ0v) is 16.2. The number of rotatable bonds is 9. The van der Waals surface area contributed by atoms with Gasteiger partial charge in [0.05, 0.1) is 26.4 Å². The van der Waals surface area contributed by atoms with Crippen molar-refractivity contribution in [1.82, 2.24) is 9.47 Å². The van der Waals surface area contributed by atoms with E-state index in [9.17, 15) is 5.11 Å². The van der Waals surface area contributed by atoms with Gasteiger partial charge in [0.1, 0.15) is 0 Å². The summed E-state index contributed by atoms with van der Waals surface area (Å²) < 4.78 is 12.4. The van der Waals surface area contributed by atoms with Crippen molar-refractivity contribution in [2.24, 2.45) is 16.0 Å². The number of aromatic nitrogens is 1. The largest absolute Gasteiger partial charge is 0.493 e. The van der Waals surface area contributed by atoms with Crippen LogP contribution >= 0.6 is 12.2 Å². The standard InChI is InChI=1S/C18H23N5O3S/c1-5-7-22(8-6-2)11-23-13-10-15(26-4)14(25-3)9-12(13)16(17(23)24)20-21-18(19)27/h5-6,9-10,24H,1-2,7-8,11H2,3-4H3,(H2,19,27). The molecule has 27 heavy (non-hydrogen) atoms. The fourth-order valence-electron chi connectivity index (χ4n) is 2.74. The van der Waals surface area contributed by atoms with E-state index in [2.05, 4.69) is 23.4 Å². The first-order valence-corrected chi connectivity index (χ1v) is 8.50. The zero-order valence-electron chi connectivity index (χ0n) is 15.4. The van der Waals surface area contributed by atoms with Gasteiger partial charge in [-0.15, -0.1) is 23.4 Å². The van der Waals surface area contributed by atoms with E-state index in [4.69, 9.17) is 27.4 Å². The molecule has 0 amide bonds. The summed E-state index contributed by atoms with van der Waals surface area (Å²) in [4.78, 5) is 2.03. The van der Waals surface area contributed by atoms with E-state index < -0.39 is 0 Å². The number of nitrogens with zero attached hydrogens (tertiary/aromatic N) is 4. The average Bonchev–Trinajstić information content (AvgIpc) is 2.89. The third kappa shape index (κ3) is 4.44. The quantitative estimate of drug-likeness (QED) is 0.388. The van der Waals surface area contributed by atoms with Crippen molar-refractivity contribution in [3.63, 3.8) is 0 Å². The minimum absolute atomic E-state index is 0.0709. The first kappa shape index (κ1) is 20.4. The van der Waals surface area contributed by atoms with Gasteiger partial charge in [0.2, 0.25) is 11.0 Å². The minimum atomic E-state index is -0.129. The van der Waals surface area contributed by atoms with Gasteiger partial charge >= 0.3 is 0 Å². The average molecular weight is 389 g/mol. The second kappa shape index (κ2) is 9.15. The Morgan fingerprint density at radius 2 is 1.85 bits per heavy atom. The maximum Gasteiger partial charge on any atom is 0.221 e. The van der Waals surface area contributed by atoms with Crippen molar-refractivity contribution in [3.05, 3.63) is 37.4 Å². The highest BCUT2D eigenvalue weighted by atomic mass is 32.1. The van der Waals surface area contributed by atoms with Gasteiger partial charge in [-0.2, -0.15) is 0 Å². The molecule has 0 aliphatic rings. The van der Waals surface area contributed by atoms with E-state index in [1.165, 1.54) is 7.11 Å². The van der Waals surface area contributed by atoms with Gasteiger partial charge < -0.3 is 20.3 Å². The van der Waals surface area contributed by atoms with Gasteiger partial charge in [-0.3, -0.25) is 9.47 Å². The second-order valence-corrected chi connectivity index (χ2v) is 6.04. The van der Waals surface area contributed by atoms with Gasteiger partial charge in [0, 0.05) is 24.5 Å². The Morgan fingerprint density at radius 1 is 1.26 bits per heavy atom. The third-order valence-electron chi connectivity index (χ3n) is 3.88. The maximum atomic E-state index is 10.8. The number of azo groups is 1. The molecule has 0 aliphatic carbocycles. The lowest BCUT2D eigenvalue weighted by Gasteiger charge is -2.20. The number of methoxy groups -OCH3 is 2. The number of ether oxygens (including phenoxy) is 2. The van der Waals surface area contributed by atoms with Crippen molar-refractivity contribution >= 4 is 33.9 Å². The predicted molar refractivity (Wildman–Crippen MR) is 110 cm³/mol. The summed E-state index contributed by atoms with van der Waals surface area (Å²) in [6, 6.07) is 3.50. The van der Waals surface area contributed by atoms with Gasteiger partial charge in [-0.1, -0.05) is 12.2 Å². The van der Waals surface area contributed by atoms with Crippen LogP contribution in [0.25, 0.3) is 10.9 Å². The van der Waals surface area contributed by atoms with Crippen molar-refractivity contribution in [2.75, 3.05) is 27.3 Å². The Balaban J connectivity index is 2.70. The minimum Gasteiger partial charge on any atom is -0.493 e. The van der Waals surface area contributed by atoms with Crippen LogP contribution in [0.2, 0.25) is 0 Å². The number of hydrogen-bond acceptors (Lipinski definition) is 6. The molecule has 1 heterocycles. The SMILES string of the molecule is C=CCN(CC=C)Cn1c(O)c(N=NC(N)=S)c2cc(OC)c(OC)cc21. The fraction of sp³-hybridized carbons (Fsp3) is 0.278. The highest BCUT2D eigenvalue weighted by Gasteiger charge is 2.21. The lowest BCUT2D eigenvalue weighted by atomic mass is 10.2. The monoisotopic (exact) mass is 389 g/mol. The van der Waals surface area contributed by atoms with E-state index >= 15 is 0 Å². The third-order valence-corrected chi connectivity index (χ3v) is 3.96. The number of thiocarbonyl (C=S) groups is 1. The van der Waals surface area contributed by atoms with E-state index in [1.54, 1.807) is 36.0 Å². The molecule has 0 bridgehead atoms. The van der Waals surface area contributed by atoms with Crippen LogP contribution in [-0.2, 0) is 6.67 Å². The molecule has 0 fully saturated rings. The lowest BCUT2D eigenvalue weighted by Crippen LogP contribution is -2.26. The summed E-state index contributed by atoms with van der Waals surface area (Å²) in [7, 11) is 3.08. The highest BCUT2D eigenvalue weighted by Crippen LogP contribution is 2.43. The maximum absolute atomic E-state index is 10.8. The molecule has 3 N–H and O–H groups in total. The molecule has 0 aliphatic heterocycles. The van der Waals surface area contributed by atoms with E-state index in [0.29, 0.717) is 42.2 Å². The van der Waals surface area contributed by atoms with Crippen molar-refractivity contribution in [1.29, 1.82) is 0 Å². The molecule has 0 spiro atoms. The van der Waals surface area contributed by atoms with Crippen LogP contribution in [0.3, 0.4) is 0 Å². The smallest absolute Gasteiger partial charge is 0.221 e. The lowest BCUT2D eigenvalue weighted by molar-refractivity contribution is 0.255. The van der Waals surface area contributed by atoms with Crippen LogP contribution < -0.4 is 15.2 Å². The molecule has 144 valence electrons. The van der Waals surface area contributed by atoms with E-state index in [-0.39, 0.29) is 16.7 Å². The number of benzene rings is 1. The predicted octanol–water partition coefficient (Wildman–Crippen LogP) is 3.32. The first-order valence-electron chi connectivity index (χ1n) is 8.09. The number of aromatic hydroxyl groups is 1. The molecular formula is C18H23N5O3S. The molecule has 1 aromatic carbocycles. The zero-order chi connectivity index (χ0) is 20.0. The number of nitrogens with two attached hydrogens (primary N) is 1. The molecule has 9 heteroatoms. The van der Waals surface area contributed by atoms with Crippen molar-refractivity contribution in [2.45, 2.75) is 6.67 Å². The van der Waals surface area contributed by atoms with E-state index in [1.807, 2.05) is 4.90 Å². The van der Waals surface area contributed by atoms with Crippen LogP contribution in [0.4, 0.5) is 5.69 Å². The summed E-state index contributed by atoms with van der Waals surface area (Å²) in [6.45, 7) is 9.13. The van der Waals surface area contributed by atoms with Crippen molar-refractivity contribution in [3.8, 4) is 17.4 Å². The molecule has 2 aromatic rings. The molecule has 0 saturated heterocycles. The van der Waals surface area contributed by atoms with Crippen molar-refractivity contribution < 1.29 is 14.6 Å². The summed E-state index contributed by atoms with van der Waals surface area (Å²) in [6.07, 6.45) is 3.56. The highest BCUT2D eigenvalue weighted by molar-refractivity contribution is 7.80. The number of fused-ring (bicyclic) bond motifs is 1. The topological polar surface area (TPSA) is 97.6 Å². The second-order valence-electron chi connectivity index (χ2n) is 5.62. The Morgan fingerprint density at radius 3 is 2.37 bits per heavy atom. The van der Waals surface area contributed by atoms with Crippen LogP contribution in [-0.4, -0.2) is 47.0 Å². The normalized spacial score (nSPS) is 11.2. The van der Waals surface area contributed by atoms with Crippen LogP contribution in [0.5, 0.6) is 17.4 Å². The summed E-state index contributed by atoms with van der Waals surface area (Å²) in [5.41, 5.74) is 6.35. The summed E-state index contributed by atoms with van der Waals surface area (Å²) >= 11 is 4.75. The molecule has 8 nitrogen and oxygen atoms in total. The number of hydrogen-bond donors (Lipinski definition) is 2. The Labute approximate surface area is 163 Å². The molecule has 1 aromatic heterocycles. The van der Waals surface area contributed by atoms with Crippen LogP contribution in [0, 0.1) is 0 Å². The van der Waals surface area contributed by atoms with Crippen LogP contribution in [0.15, 0.2) is 47.7 Å². The summed E-state index contributed by atoms with van der Waals surface area (Å²) in [5, 5.41) is 19.0.